The largest absolute Gasteiger partial charge is 0.444 e. The predicted molar refractivity (Wildman–Crippen MR) is 97.4 cm³/mol. The van der Waals surface area contributed by atoms with E-state index in [1.807, 2.05) is 27.7 Å². The van der Waals surface area contributed by atoms with Crippen LogP contribution in [0.3, 0.4) is 0 Å². The van der Waals surface area contributed by atoms with E-state index < -0.39 is 11.7 Å². The van der Waals surface area contributed by atoms with Gasteiger partial charge in [-0.3, -0.25) is 9.59 Å². The van der Waals surface area contributed by atoms with E-state index in [1.165, 1.54) is 10.6 Å². The van der Waals surface area contributed by atoms with Gasteiger partial charge in [0.25, 0.3) is 11.1 Å². The van der Waals surface area contributed by atoms with Crippen LogP contribution in [0.25, 0.3) is 10.9 Å². The number of amides is 1. The number of fused-ring (bicyclic) bond motifs is 1. The lowest BCUT2D eigenvalue weighted by atomic mass is 10.2. The molecule has 2 aromatic rings. The highest BCUT2D eigenvalue weighted by molar-refractivity contribution is 5.76. The van der Waals surface area contributed by atoms with E-state index in [0.717, 1.165) is 0 Å². The lowest BCUT2D eigenvalue weighted by Gasteiger charge is -2.27. The van der Waals surface area contributed by atoms with Gasteiger partial charge in [0.1, 0.15) is 11.4 Å². The maximum Gasteiger partial charge on any atom is 0.410 e. The quantitative estimate of drug-likeness (QED) is 0.838. The van der Waals surface area contributed by atoms with Crippen molar-refractivity contribution < 1.29 is 9.53 Å². The number of aryl methyl sites for hydroxylation is 1. The lowest BCUT2D eigenvalue weighted by molar-refractivity contribution is 0.0234. The highest BCUT2D eigenvalue weighted by Crippen LogP contribution is 2.28. The fraction of sp³-hybridized carbons (Fsp3) is 0.556. The second-order valence-corrected chi connectivity index (χ2v) is 7.84. The molecule has 0 aromatic carbocycles. The van der Waals surface area contributed by atoms with Crippen LogP contribution in [0.1, 0.15) is 46.0 Å². The third kappa shape index (κ3) is 3.49. The van der Waals surface area contributed by atoms with Crippen LogP contribution in [0.15, 0.2) is 21.9 Å². The van der Waals surface area contributed by atoms with E-state index in [1.54, 1.807) is 18.0 Å². The number of hydrogen-bond acceptors (Lipinski definition) is 5. The molecule has 1 saturated heterocycles. The molecule has 26 heavy (non-hydrogen) atoms. The average Bonchev–Trinajstić information content (AvgIpc) is 2.86. The Balaban J connectivity index is 1.93. The van der Waals surface area contributed by atoms with Gasteiger partial charge >= 0.3 is 6.09 Å². The van der Waals surface area contributed by atoms with Gasteiger partial charge in [-0.05, 0) is 41.0 Å². The van der Waals surface area contributed by atoms with Crippen molar-refractivity contribution in [2.24, 2.45) is 0 Å². The highest BCUT2D eigenvalue weighted by atomic mass is 16.6. The molecule has 3 rings (SSSR count). The molecule has 0 bridgehead atoms. The van der Waals surface area contributed by atoms with E-state index in [2.05, 4.69) is 9.97 Å². The molecule has 1 amide bonds. The van der Waals surface area contributed by atoms with Crippen molar-refractivity contribution in [3.05, 3.63) is 38.8 Å². The summed E-state index contributed by atoms with van der Waals surface area (Å²) >= 11 is 0. The minimum absolute atomic E-state index is 0.0631. The minimum Gasteiger partial charge on any atom is -0.444 e. The summed E-state index contributed by atoms with van der Waals surface area (Å²) < 4.78 is 6.97. The molecular weight excluding hydrogens is 336 g/mol. The number of likely N-dealkylation sites (tertiary alicyclic amines) is 1. The molecule has 1 N–H and O–H groups in total. The van der Waals surface area contributed by atoms with E-state index >= 15 is 0 Å². The van der Waals surface area contributed by atoms with Gasteiger partial charge in [0.2, 0.25) is 0 Å². The number of H-pyrrole nitrogens is 1. The van der Waals surface area contributed by atoms with E-state index in [0.29, 0.717) is 29.7 Å². The summed E-state index contributed by atoms with van der Waals surface area (Å²) in [5, 5.41) is 0.360. The number of rotatable bonds is 1. The first kappa shape index (κ1) is 18.2. The molecule has 2 aromatic heterocycles. The number of aromatic nitrogens is 3. The molecule has 0 spiro atoms. The zero-order valence-corrected chi connectivity index (χ0v) is 15.7. The first-order valence-corrected chi connectivity index (χ1v) is 8.67. The summed E-state index contributed by atoms with van der Waals surface area (Å²) in [7, 11) is 0. The van der Waals surface area contributed by atoms with Crippen molar-refractivity contribution in [2.75, 3.05) is 6.54 Å². The Morgan fingerprint density at radius 3 is 2.69 bits per heavy atom. The summed E-state index contributed by atoms with van der Waals surface area (Å²) in [6.45, 7) is 9.41. The number of nitrogens with zero attached hydrogens (tertiary/aromatic N) is 3. The number of hydrogen-bond donors (Lipinski definition) is 1. The van der Waals surface area contributed by atoms with Crippen LogP contribution in [0.5, 0.6) is 0 Å². The summed E-state index contributed by atoms with van der Waals surface area (Å²) in [5.74, 6) is 0.463. The Labute approximate surface area is 150 Å². The van der Waals surface area contributed by atoms with Gasteiger partial charge in [0, 0.05) is 24.8 Å². The molecule has 1 fully saturated rings. The van der Waals surface area contributed by atoms with Crippen LogP contribution in [0, 0.1) is 6.92 Å². The number of carbonyl (C=O) groups is 1. The number of nitrogens with one attached hydrogen (secondary N) is 1. The van der Waals surface area contributed by atoms with Crippen molar-refractivity contribution in [2.45, 2.75) is 58.7 Å². The van der Waals surface area contributed by atoms with Crippen LogP contribution in [0.4, 0.5) is 4.79 Å². The Kier molecular flexibility index (Phi) is 4.37. The monoisotopic (exact) mass is 360 g/mol. The fourth-order valence-corrected chi connectivity index (χ4v) is 3.31. The van der Waals surface area contributed by atoms with Crippen molar-refractivity contribution >= 4 is 17.0 Å². The molecule has 8 heteroatoms. The topological polar surface area (TPSA) is 97.3 Å². The average molecular weight is 360 g/mol. The smallest absolute Gasteiger partial charge is 0.410 e. The summed E-state index contributed by atoms with van der Waals surface area (Å²) in [5.41, 5.74) is -0.719. The van der Waals surface area contributed by atoms with Gasteiger partial charge in [-0.15, -0.1) is 0 Å². The minimum atomic E-state index is -0.578. The van der Waals surface area contributed by atoms with Crippen LogP contribution >= 0.6 is 0 Å². The zero-order chi connectivity index (χ0) is 19.2. The Morgan fingerprint density at radius 2 is 2.04 bits per heavy atom. The van der Waals surface area contributed by atoms with E-state index in [-0.39, 0.29) is 23.2 Å². The number of ether oxygens (including phenoxy) is 1. The van der Waals surface area contributed by atoms with Crippen molar-refractivity contribution in [1.29, 1.82) is 0 Å². The molecule has 2 atom stereocenters. The normalized spacial score (nSPS) is 20.6. The molecule has 0 unspecified atom stereocenters. The molecule has 0 saturated carbocycles. The Morgan fingerprint density at radius 1 is 1.35 bits per heavy atom. The third-order valence-electron chi connectivity index (χ3n) is 4.46. The number of pyridine rings is 1. The van der Waals surface area contributed by atoms with E-state index in [4.69, 9.17) is 4.74 Å². The fourth-order valence-electron chi connectivity index (χ4n) is 3.31. The van der Waals surface area contributed by atoms with Crippen LogP contribution in [-0.2, 0) is 4.74 Å². The summed E-state index contributed by atoms with van der Waals surface area (Å²) in [6, 6.07) is 1.10. The first-order chi connectivity index (χ1) is 12.0. The molecule has 0 aliphatic carbocycles. The number of carbonyl (C=O) groups excluding carboxylic acids is 1. The maximum atomic E-state index is 12.5. The first-order valence-electron chi connectivity index (χ1n) is 8.67. The van der Waals surface area contributed by atoms with Gasteiger partial charge in [-0.25, -0.2) is 9.78 Å². The highest BCUT2D eigenvalue weighted by Gasteiger charge is 2.36. The van der Waals surface area contributed by atoms with Crippen molar-refractivity contribution in [1.82, 2.24) is 19.4 Å². The number of aromatic amines is 1. The van der Waals surface area contributed by atoms with E-state index in [9.17, 15) is 14.4 Å². The molecule has 0 radical (unpaired) electrons. The van der Waals surface area contributed by atoms with Crippen LogP contribution in [-0.4, -0.2) is 43.7 Å². The predicted octanol–water partition coefficient (Wildman–Crippen LogP) is 1.96. The van der Waals surface area contributed by atoms with Gasteiger partial charge in [-0.2, -0.15) is 0 Å². The van der Waals surface area contributed by atoms with Crippen LogP contribution in [0.2, 0.25) is 0 Å². The van der Waals surface area contributed by atoms with Crippen molar-refractivity contribution in [3.8, 4) is 0 Å². The SMILES string of the molecule is Cc1nc2cc(=O)n([C@@H]3C[C@@H](C)N(C(=O)OC(C)(C)C)C3)cc2c(=O)[nH]1. The summed E-state index contributed by atoms with van der Waals surface area (Å²) in [6.07, 6.45) is 1.76. The van der Waals surface area contributed by atoms with Gasteiger partial charge in [0.05, 0.1) is 16.9 Å². The van der Waals surface area contributed by atoms with Crippen LogP contribution < -0.4 is 11.1 Å². The molecule has 140 valence electrons. The zero-order valence-electron chi connectivity index (χ0n) is 15.7. The lowest BCUT2D eigenvalue weighted by Crippen LogP contribution is -2.39. The second kappa shape index (κ2) is 6.26. The van der Waals surface area contributed by atoms with Gasteiger partial charge < -0.3 is 19.2 Å². The Bertz CT molecular complexity index is 970. The van der Waals surface area contributed by atoms with Gasteiger partial charge in [-0.1, -0.05) is 0 Å². The second-order valence-electron chi connectivity index (χ2n) is 7.84. The summed E-state index contributed by atoms with van der Waals surface area (Å²) in [4.78, 5) is 45.6. The third-order valence-corrected chi connectivity index (χ3v) is 4.46. The van der Waals surface area contributed by atoms with Gasteiger partial charge in [0.15, 0.2) is 0 Å². The standard InChI is InChI=1S/C18H24N4O4/c1-10-6-12(8-21(10)17(25)26-18(3,4)5)22-9-13-14(7-15(22)23)19-11(2)20-16(13)24/h7,9-10,12H,6,8H2,1-5H3,(H,19,20,24)/t10-,12-/m1/s1. The van der Waals surface area contributed by atoms with Crippen molar-refractivity contribution in [3.63, 3.8) is 0 Å². The molecule has 1 aliphatic rings. The molecule has 1 aliphatic heterocycles. The molecular formula is C18H24N4O4. The Hall–Kier alpha value is -2.64. The maximum absolute atomic E-state index is 12.5. The molecule has 3 heterocycles. The molecule has 8 nitrogen and oxygen atoms in total.